The van der Waals surface area contributed by atoms with Crippen molar-refractivity contribution in [2.24, 2.45) is 5.92 Å². The number of benzene rings is 2. The Balaban J connectivity index is 1.95. The minimum Gasteiger partial charge on any atom is -0.462 e. The molecule has 0 amide bonds. The molecule has 0 unspecified atom stereocenters. The van der Waals surface area contributed by atoms with Gasteiger partial charge in [-0.3, -0.25) is 14.3 Å². The lowest BCUT2D eigenvalue weighted by Crippen LogP contribution is -2.38. The van der Waals surface area contributed by atoms with Gasteiger partial charge < -0.3 is 19.3 Å². The number of rotatable bonds is 11. The number of hydrogen-bond donors (Lipinski definition) is 2. The number of hydrogen-bond acceptors (Lipinski definition) is 9. The Labute approximate surface area is 226 Å². The number of sulfonamides is 1. The van der Waals surface area contributed by atoms with Crippen molar-refractivity contribution in [2.75, 3.05) is 10.0 Å². The van der Waals surface area contributed by atoms with Crippen LogP contribution in [0.1, 0.15) is 45.1 Å². The van der Waals surface area contributed by atoms with Gasteiger partial charge in [0.1, 0.15) is 5.76 Å². The summed E-state index contributed by atoms with van der Waals surface area (Å²) >= 11 is 6.06. The summed E-state index contributed by atoms with van der Waals surface area (Å²) in [5, 5.41) is 7.28. The smallest absolute Gasteiger partial charge is 0.323 e. The van der Waals surface area contributed by atoms with E-state index < -0.39 is 46.1 Å². The lowest BCUT2D eigenvalue weighted by molar-refractivity contribution is -0.167. The average Bonchev–Trinajstić information content (AvgIpc) is 3.22. The van der Waals surface area contributed by atoms with Crippen molar-refractivity contribution in [1.29, 1.82) is 0 Å². The summed E-state index contributed by atoms with van der Waals surface area (Å²) in [5.41, 5.74) is 1.02. The summed E-state index contributed by atoms with van der Waals surface area (Å²) in [6.07, 6.45) is -0.929. The lowest BCUT2D eigenvalue weighted by Gasteiger charge is -2.28. The molecular formula is C26H30ClN3O7S. The highest BCUT2D eigenvalue weighted by Gasteiger charge is 2.39. The van der Waals surface area contributed by atoms with Gasteiger partial charge in [-0.1, -0.05) is 28.9 Å². The molecule has 0 aliphatic carbocycles. The van der Waals surface area contributed by atoms with Crippen LogP contribution in [0.15, 0.2) is 64.0 Å². The number of aryl methyl sites for hydroxylation is 1. The number of ether oxygens (including phenoxy) is 2. The minimum absolute atomic E-state index is 0.0262. The van der Waals surface area contributed by atoms with Gasteiger partial charge in [-0.05, 0) is 76.6 Å². The Bertz CT molecular complexity index is 1330. The van der Waals surface area contributed by atoms with Gasteiger partial charge in [-0.25, -0.2) is 8.42 Å². The van der Waals surface area contributed by atoms with Gasteiger partial charge in [0, 0.05) is 16.8 Å². The van der Waals surface area contributed by atoms with Gasteiger partial charge in [-0.15, -0.1) is 0 Å². The Hall–Kier alpha value is -3.57. The van der Waals surface area contributed by atoms with Gasteiger partial charge in [0.05, 0.1) is 23.1 Å². The fourth-order valence-corrected chi connectivity index (χ4v) is 4.64. The zero-order chi connectivity index (χ0) is 28.0. The van der Waals surface area contributed by atoms with Crippen molar-refractivity contribution in [2.45, 2.75) is 57.8 Å². The van der Waals surface area contributed by atoms with E-state index in [2.05, 4.69) is 15.2 Å². The van der Waals surface area contributed by atoms with Gasteiger partial charge in [0.15, 0.2) is 11.7 Å². The van der Waals surface area contributed by atoms with Crippen LogP contribution in [0.4, 0.5) is 11.5 Å². The summed E-state index contributed by atoms with van der Waals surface area (Å²) in [6.45, 7) is 8.37. The molecule has 0 bridgehead atoms. The van der Waals surface area contributed by atoms with E-state index in [1.54, 1.807) is 58.9 Å². The molecule has 0 aliphatic rings. The molecule has 3 aromatic rings. The maximum atomic E-state index is 13.1. The molecule has 0 saturated heterocycles. The molecule has 2 aromatic carbocycles. The summed E-state index contributed by atoms with van der Waals surface area (Å²) in [7, 11) is -3.94. The molecule has 1 aromatic heterocycles. The highest BCUT2D eigenvalue weighted by molar-refractivity contribution is 7.92. The van der Waals surface area contributed by atoms with Crippen LogP contribution in [-0.2, 0) is 29.1 Å². The number of halogens is 1. The van der Waals surface area contributed by atoms with Crippen LogP contribution in [0.5, 0.6) is 0 Å². The van der Waals surface area contributed by atoms with E-state index >= 15 is 0 Å². The first-order valence-corrected chi connectivity index (χ1v) is 13.7. The second-order valence-corrected chi connectivity index (χ2v) is 11.2. The molecule has 0 aliphatic heterocycles. The van der Waals surface area contributed by atoms with Crippen LogP contribution in [0.2, 0.25) is 5.02 Å². The van der Waals surface area contributed by atoms with Crippen molar-refractivity contribution in [1.82, 2.24) is 5.16 Å². The Morgan fingerprint density at radius 2 is 1.47 bits per heavy atom. The Morgan fingerprint density at radius 1 is 0.921 bits per heavy atom. The molecule has 1 atom stereocenters. The highest BCUT2D eigenvalue weighted by atomic mass is 35.5. The zero-order valence-electron chi connectivity index (χ0n) is 21.6. The number of esters is 2. The number of nitrogens with one attached hydrogen (secondary N) is 2. The number of carbonyl (C=O) groups excluding carboxylic acids is 2. The first-order chi connectivity index (χ1) is 17.9. The quantitative estimate of drug-likeness (QED) is 0.241. The maximum absolute atomic E-state index is 13.1. The van der Waals surface area contributed by atoms with Crippen molar-refractivity contribution in [3.63, 3.8) is 0 Å². The van der Waals surface area contributed by atoms with E-state index in [1.807, 2.05) is 0 Å². The number of aromatic nitrogens is 1. The van der Waals surface area contributed by atoms with Crippen LogP contribution in [0, 0.1) is 12.8 Å². The molecule has 3 rings (SSSR count). The second-order valence-electron chi connectivity index (χ2n) is 9.08. The fraction of sp³-hybridized carbons (Fsp3) is 0.346. The molecule has 0 saturated carbocycles. The Kier molecular flexibility index (Phi) is 9.40. The number of anilines is 2. The molecule has 0 fully saturated rings. The van der Waals surface area contributed by atoms with Crippen molar-refractivity contribution in [3.8, 4) is 0 Å². The summed E-state index contributed by atoms with van der Waals surface area (Å²) in [4.78, 5) is 26.2. The Morgan fingerprint density at radius 3 is 1.95 bits per heavy atom. The molecule has 0 radical (unpaired) electrons. The van der Waals surface area contributed by atoms with Crippen LogP contribution >= 0.6 is 11.6 Å². The predicted molar refractivity (Wildman–Crippen MR) is 142 cm³/mol. The normalized spacial score (nSPS) is 12.4. The second kappa shape index (κ2) is 12.3. The third-order valence-corrected chi connectivity index (χ3v) is 6.75. The van der Waals surface area contributed by atoms with E-state index in [0.29, 0.717) is 22.0 Å². The molecule has 10 nitrogen and oxygen atoms in total. The van der Waals surface area contributed by atoms with Gasteiger partial charge in [0.25, 0.3) is 10.0 Å². The predicted octanol–water partition coefficient (Wildman–Crippen LogP) is 5.11. The molecule has 38 heavy (non-hydrogen) atoms. The topological polar surface area (TPSA) is 137 Å². The largest absolute Gasteiger partial charge is 0.462 e. The third kappa shape index (κ3) is 7.72. The molecule has 204 valence electrons. The number of nitrogens with zero attached hydrogens (tertiary/aromatic N) is 1. The van der Waals surface area contributed by atoms with Crippen LogP contribution in [-0.4, -0.2) is 37.7 Å². The first kappa shape index (κ1) is 29.0. The van der Waals surface area contributed by atoms with E-state index in [0.717, 1.165) is 0 Å². The summed E-state index contributed by atoms with van der Waals surface area (Å²) in [5.74, 6) is -2.37. The van der Waals surface area contributed by atoms with Crippen molar-refractivity contribution >= 4 is 45.1 Å². The minimum atomic E-state index is -3.94. The molecule has 0 spiro atoms. The fourth-order valence-electron chi connectivity index (χ4n) is 3.53. The van der Waals surface area contributed by atoms with Crippen molar-refractivity contribution in [3.05, 3.63) is 70.9 Å². The maximum Gasteiger partial charge on any atom is 0.323 e. The van der Waals surface area contributed by atoms with E-state index in [1.165, 1.54) is 30.3 Å². The van der Waals surface area contributed by atoms with Crippen molar-refractivity contribution < 1.29 is 32.0 Å². The number of carbonyl (C=O) groups is 2. The SMILES string of the molecule is Cc1cc(NS(=O)(=O)c2ccc(N[C@@H](c3ccc(Cl)cc3)C(C(=O)OC(C)C)C(=O)OC(C)C)cc2)no1. The standard InChI is InChI=1S/C26H30ClN3O7S/c1-15(2)35-25(31)23(26(32)36-16(3)4)24(18-6-8-19(27)9-7-18)28-20-10-12-21(13-11-20)38(33,34)30-22-14-17(5)37-29-22/h6-16,23-24,28H,1-5H3,(H,29,30)/t24-/m0/s1. The van der Waals surface area contributed by atoms with Gasteiger partial charge in [-0.2, -0.15) is 0 Å². The van der Waals surface area contributed by atoms with E-state index in [-0.39, 0.29) is 10.7 Å². The molecule has 2 N–H and O–H groups in total. The van der Waals surface area contributed by atoms with Gasteiger partial charge >= 0.3 is 11.9 Å². The summed E-state index contributed by atoms with van der Waals surface area (Å²) < 4.78 is 43.5. The van der Waals surface area contributed by atoms with E-state index in [4.69, 9.17) is 25.6 Å². The molecular weight excluding hydrogens is 534 g/mol. The monoisotopic (exact) mass is 563 g/mol. The van der Waals surface area contributed by atoms with Gasteiger partial charge in [0.2, 0.25) is 0 Å². The lowest BCUT2D eigenvalue weighted by atomic mass is 9.92. The molecule has 12 heteroatoms. The van der Waals surface area contributed by atoms with Crippen LogP contribution < -0.4 is 10.0 Å². The first-order valence-electron chi connectivity index (χ1n) is 11.8. The van der Waals surface area contributed by atoms with Crippen LogP contribution in [0.25, 0.3) is 0 Å². The van der Waals surface area contributed by atoms with E-state index in [9.17, 15) is 18.0 Å². The average molecular weight is 564 g/mol. The highest BCUT2D eigenvalue weighted by Crippen LogP contribution is 2.31. The zero-order valence-corrected chi connectivity index (χ0v) is 23.2. The molecule has 1 heterocycles. The third-order valence-electron chi connectivity index (χ3n) is 5.13. The summed E-state index contributed by atoms with van der Waals surface area (Å²) in [6, 6.07) is 13.0. The van der Waals surface area contributed by atoms with Crippen LogP contribution in [0.3, 0.4) is 0 Å².